The molecule has 6 nitrogen and oxygen atoms in total. The molecule has 0 saturated carbocycles. The van der Waals surface area contributed by atoms with Crippen LogP contribution in [0.15, 0.2) is 18.5 Å². The van der Waals surface area contributed by atoms with E-state index in [9.17, 15) is 4.79 Å². The van der Waals surface area contributed by atoms with E-state index in [4.69, 9.17) is 4.98 Å². The Hall–Kier alpha value is -2.11. The van der Waals surface area contributed by atoms with Crippen LogP contribution < -0.4 is 5.32 Å². The largest absolute Gasteiger partial charge is 0.338 e. The van der Waals surface area contributed by atoms with Crippen molar-refractivity contribution in [2.45, 2.75) is 46.1 Å². The third-order valence-electron chi connectivity index (χ3n) is 4.54. The Morgan fingerprint density at radius 1 is 1.38 bits per heavy atom. The Balaban J connectivity index is 1.80. The summed E-state index contributed by atoms with van der Waals surface area (Å²) in [6.07, 6.45) is 4.62. The first-order chi connectivity index (χ1) is 11.5. The van der Waals surface area contributed by atoms with Gasteiger partial charge in [0.2, 0.25) is 0 Å². The standard InChI is InChI=1S/C18H27N5O/c1-12(2)9-20-18(24)22-8-6-14(11-22)17-21-15-5-7-19-10-16(15)23(17)13(3)4/h5,7,10,12-14H,6,8-9,11H2,1-4H3,(H,20,24). The number of rotatable bonds is 4. The van der Waals surface area contributed by atoms with Crippen molar-refractivity contribution in [2.75, 3.05) is 19.6 Å². The molecule has 1 atom stereocenters. The van der Waals surface area contributed by atoms with Crippen LogP contribution in [-0.2, 0) is 0 Å². The minimum atomic E-state index is 0.0417. The maximum atomic E-state index is 12.3. The Bertz CT molecular complexity index is 721. The van der Waals surface area contributed by atoms with Gasteiger partial charge in [0.05, 0.1) is 17.2 Å². The van der Waals surface area contributed by atoms with E-state index in [0.29, 0.717) is 12.0 Å². The van der Waals surface area contributed by atoms with Crippen molar-refractivity contribution in [3.8, 4) is 0 Å². The van der Waals surface area contributed by atoms with E-state index in [2.05, 4.69) is 42.6 Å². The molecule has 0 bridgehead atoms. The second-order valence-electron chi connectivity index (χ2n) is 7.31. The fraction of sp³-hybridized carbons (Fsp3) is 0.611. The highest BCUT2D eigenvalue weighted by Crippen LogP contribution is 2.31. The van der Waals surface area contributed by atoms with Gasteiger partial charge in [-0.3, -0.25) is 4.98 Å². The van der Waals surface area contributed by atoms with E-state index in [1.807, 2.05) is 17.2 Å². The van der Waals surface area contributed by atoms with Crippen LogP contribution in [0.25, 0.3) is 11.0 Å². The molecule has 1 fully saturated rings. The molecule has 2 aromatic heterocycles. The number of aromatic nitrogens is 3. The van der Waals surface area contributed by atoms with Gasteiger partial charge in [0.15, 0.2) is 0 Å². The third kappa shape index (κ3) is 3.23. The molecule has 1 unspecified atom stereocenters. The number of amides is 2. The van der Waals surface area contributed by atoms with Gasteiger partial charge in [-0.2, -0.15) is 0 Å². The molecule has 3 heterocycles. The van der Waals surface area contributed by atoms with Gasteiger partial charge in [-0.15, -0.1) is 0 Å². The summed E-state index contributed by atoms with van der Waals surface area (Å²) in [5, 5.41) is 3.01. The van der Waals surface area contributed by atoms with E-state index in [0.717, 1.165) is 42.9 Å². The molecular weight excluding hydrogens is 302 g/mol. The zero-order valence-corrected chi connectivity index (χ0v) is 15.0. The van der Waals surface area contributed by atoms with Crippen LogP contribution >= 0.6 is 0 Å². The number of fused-ring (bicyclic) bond motifs is 1. The molecule has 1 N–H and O–H groups in total. The fourth-order valence-corrected chi connectivity index (χ4v) is 3.35. The van der Waals surface area contributed by atoms with Crippen molar-refractivity contribution in [3.05, 3.63) is 24.3 Å². The minimum absolute atomic E-state index is 0.0417. The molecule has 6 heteroatoms. The van der Waals surface area contributed by atoms with Crippen molar-refractivity contribution in [3.63, 3.8) is 0 Å². The molecule has 1 aliphatic heterocycles. The lowest BCUT2D eigenvalue weighted by atomic mass is 10.1. The Morgan fingerprint density at radius 3 is 2.88 bits per heavy atom. The van der Waals surface area contributed by atoms with Gasteiger partial charge >= 0.3 is 6.03 Å². The first-order valence-corrected chi connectivity index (χ1v) is 8.82. The molecular formula is C18H27N5O. The van der Waals surface area contributed by atoms with E-state index in [-0.39, 0.29) is 11.9 Å². The lowest BCUT2D eigenvalue weighted by Crippen LogP contribution is -2.40. The van der Waals surface area contributed by atoms with Crippen molar-refractivity contribution in [1.82, 2.24) is 24.8 Å². The van der Waals surface area contributed by atoms with Gasteiger partial charge in [-0.05, 0) is 32.3 Å². The molecule has 2 aromatic rings. The molecule has 0 aliphatic carbocycles. The quantitative estimate of drug-likeness (QED) is 0.937. The number of imidazole rings is 1. The fourth-order valence-electron chi connectivity index (χ4n) is 3.35. The highest BCUT2D eigenvalue weighted by Gasteiger charge is 2.31. The van der Waals surface area contributed by atoms with Crippen LogP contribution in [0.2, 0.25) is 0 Å². The summed E-state index contributed by atoms with van der Waals surface area (Å²) in [5.41, 5.74) is 2.06. The monoisotopic (exact) mass is 329 g/mol. The van der Waals surface area contributed by atoms with Crippen LogP contribution in [-0.4, -0.2) is 45.1 Å². The van der Waals surface area contributed by atoms with Gasteiger partial charge in [-0.25, -0.2) is 9.78 Å². The lowest BCUT2D eigenvalue weighted by molar-refractivity contribution is 0.206. The lowest BCUT2D eigenvalue weighted by Gasteiger charge is -2.19. The number of hydrogen-bond acceptors (Lipinski definition) is 3. The number of likely N-dealkylation sites (tertiary alicyclic amines) is 1. The Labute approximate surface area is 143 Å². The first-order valence-electron chi connectivity index (χ1n) is 8.82. The highest BCUT2D eigenvalue weighted by atomic mass is 16.2. The van der Waals surface area contributed by atoms with Crippen LogP contribution in [0.3, 0.4) is 0 Å². The summed E-state index contributed by atoms with van der Waals surface area (Å²) < 4.78 is 2.27. The normalized spacial score (nSPS) is 18.1. The molecule has 3 rings (SSSR count). The number of carbonyl (C=O) groups excluding carboxylic acids is 1. The Kier molecular flexibility index (Phi) is 4.73. The predicted octanol–water partition coefficient (Wildman–Crippen LogP) is 3.17. The molecule has 130 valence electrons. The summed E-state index contributed by atoms with van der Waals surface area (Å²) in [6, 6.07) is 2.32. The molecule has 1 saturated heterocycles. The topological polar surface area (TPSA) is 63.1 Å². The maximum absolute atomic E-state index is 12.3. The van der Waals surface area contributed by atoms with Crippen molar-refractivity contribution < 1.29 is 4.79 Å². The summed E-state index contributed by atoms with van der Waals surface area (Å²) in [6.45, 7) is 10.8. The average Bonchev–Trinajstić information content (AvgIpc) is 3.16. The van der Waals surface area contributed by atoms with Gasteiger partial charge < -0.3 is 14.8 Å². The highest BCUT2D eigenvalue weighted by molar-refractivity contribution is 5.76. The number of nitrogens with one attached hydrogen (secondary N) is 1. The summed E-state index contributed by atoms with van der Waals surface area (Å²) >= 11 is 0. The van der Waals surface area contributed by atoms with Crippen molar-refractivity contribution >= 4 is 17.1 Å². The van der Waals surface area contributed by atoms with E-state index >= 15 is 0 Å². The van der Waals surface area contributed by atoms with Gasteiger partial charge in [0.1, 0.15) is 5.82 Å². The number of pyridine rings is 1. The minimum Gasteiger partial charge on any atom is -0.338 e. The SMILES string of the molecule is CC(C)CNC(=O)N1CCC(c2nc3ccncc3n2C(C)C)C1. The van der Waals surface area contributed by atoms with E-state index in [1.165, 1.54) is 0 Å². The third-order valence-corrected chi connectivity index (χ3v) is 4.54. The van der Waals surface area contributed by atoms with Crippen molar-refractivity contribution in [2.24, 2.45) is 5.92 Å². The predicted molar refractivity (Wildman–Crippen MR) is 95.1 cm³/mol. The van der Waals surface area contributed by atoms with Gasteiger partial charge in [0.25, 0.3) is 0 Å². The summed E-state index contributed by atoms with van der Waals surface area (Å²) in [4.78, 5) is 23.3. The van der Waals surface area contributed by atoms with Crippen LogP contribution in [0.1, 0.15) is 51.9 Å². The number of carbonyl (C=O) groups is 1. The van der Waals surface area contributed by atoms with Crippen molar-refractivity contribution in [1.29, 1.82) is 0 Å². The summed E-state index contributed by atoms with van der Waals surface area (Å²) in [5.74, 6) is 1.82. The first kappa shape index (κ1) is 16.7. The second-order valence-corrected chi connectivity index (χ2v) is 7.31. The smallest absolute Gasteiger partial charge is 0.317 e. The number of urea groups is 1. The second kappa shape index (κ2) is 6.79. The van der Waals surface area contributed by atoms with E-state index in [1.54, 1.807) is 6.20 Å². The number of hydrogen-bond donors (Lipinski definition) is 1. The van der Waals surface area contributed by atoms with Crippen LogP contribution in [0.5, 0.6) is 0 Å². The molecule has 0 aromatic carbocycles. The van der Waals surface area contributed by atoms with Crippen LogP contribution in [0.4, 0.5) is 4.79 Å². The zero-order chi connectivity index (χ0) is 17.3. The maximum Gasteiger partial charge on any atom is 0.317 e. The average molecular weight is 329 g/mol. The molecule has 0 spiro atoms. The molecule has 2 amide bonds. The summed E-state index contributed by atoms with van der Waals surface area (Å²) in [7, 11) is 0. The van der Waals surface area contributed by atoms with Gasteiger partial charge in [-0.1, -0.05) is 13.8 Å². The molecule has 0 radical (unpaired) electrons. The Morgan fingerprint density at radius 2 is 2.17 bits per heavy atom. The molecule has 1 aliphatic rings. The van der Waals surface area contributed by atoms with E-state index < -0.39 is 0 Å². The van der Waals surface area contributed by atoms with Gasteiger partial charge in [0, 0.05) is 37.8 Å². The van der Waals surface area contributed by atoms with Crippen LogP contribution in [0, 0.1) is 5.92 Å². The molecule has 24 heavy (non-hydrogen) atoms. The zero-order valence-electron chi connectivity index (χ0n) is 15.0. The number of nitrogens with zero attached hydrogens (tertiary/aromatic N) is 4.